The standard InChI is InChI=1S/C22H23F2N3O2S/c1-22(2,3)30(29)13-14-6-5-7-16(10-14)25-21(28)18-12-27(4)26-20(18)17-9-8-15(23)11-19(17)24/h5-12H,13H2,1-4H3,(H,25,28). The number of amides is 1. The Kier molecular flexibility index (Phi) is 6.17. The quantitative estimate of drug-likeness (QED) is 0.639. The van der Waals surface area contributed by atoms with Gasteiger partial charge < -0.3 is 5.32 Å². The highest BCUT2D eigenvalue weighted by atomic mass is 32.2. The summed E-state index contributed by atoms with van der Waals surface area (Å²) in [6, 6.07) is 10.2. The molecule has 1 atom stereocenters. The second kappa shape index (κ2) is 8.47. The van der Waals surface area contributed by atoms with Gasteiger partial charge in [-0.1, -0.05) is 12.1 Å². The topological polar surface area (TPSA) is 64.0 Å². The summed E-state index contributed by atoms with van der Waals surface area (Å²) in [4.78, 5) is 12.9. The molecule has 3 rings (SSSR count). The maximum absolute atomic E-state index is 14.2. The molecule has 0 saturated heterocycles. The zero-order valence-corrected chi connectivity index (χ0v) is 18.0. The van der Waals surface area contributed by atoms with Crippen LogP contribution in [0.25, 0.3) is 11.3 Å². The molecule has 0 fully saturated rings. The molecule has 0 aliphatic heterocycles. The van der Waals surface area contributed by atoms with E-state index in [0.717, 1.165) is 17.7 Å². The van der Waals surface area contributed by atoms with Crippen molar-refractivity contribution in [3.8, 4) is 11.3 Å². The predicted octanol–water partition coefficient (Wildman–Crippen LogP) is 4.66. The molecular weight excluding hydrogens is 408 g/mol. The van der Waals surface area contributed by atoms with Crippen LogP contribution in [0, 0.1) is 11.6 Å². The number of benzene rings is 2. The molecule has 1 N–H and O–H groups in total. The molecule has 1 amide bonds. The van der Waals surface area contributed by atoms with E-state index >= 15 is 0 Å². The van der Waals surface area contributed by atoms with E-state index in [1.165, 1.54) is 16.9 Å². The number of halogens is 2. The van der Waals surface area contributed by atoms with E-state index in [0.29, 0.717) is 11.4 Å². The third-order valence-corrected chi connectivity index (χ3v) is 6.39. The number of aromatic nitrogens is 2. The summed E-state index contributed by atoms with van der Waals surface area (Å²) in [7, 11) is 0.542. The molecule has 158 valence electrons. The van der Waals surface area contributed by atoms with E-state index in [-0.39, 0.29) is 21.6 Å². The molecule has 30 heavy (non-hydrogen) atoms. The molecule has 0 radical (unpaired) electrons. The molecule has 0 spiro atoms. The number of anilines is 1. The molecule has 1 unspecified atom stereocenters. The number of carbonyl (C=O) groups is 1. The normalized spacial score (nSPS) is 12.6. The molecule has 0 bridgehead atoms. The number of nitrogens with one attached hydrogen (secondary N) is 1. The van der Waals surface area contributed by atoms with Crippen LogP contribution >= 0.6 is 0 Å². The first-order valence-corrected chi connectivity index (χ1v) is 10.6. The maximum Gasteiger partial charge on any atom is 0.259 e. The molecule has 2 aromatic carbocycles. The first-order valence-electron chi connectivity index (χ1n) is 9.32. The fourth-order valence-electron chi connectivity index (χ4n) is 2.84. The van der Waals surface area contributed by atoms with Gasteiger partial charge in [-0.3, -0.25) is 13.7 Å². The highest BCUT2D eigenvalue weighted by Crippen LogP contribution is 2.26. The molecular formula is C22H23F2N3O2S. The van der Waals surface area contributed by atoms with Gasteiger partial charge in [0.25, 0.3) is 5.91 Å². The molecule has 0 aliphatic carbocycles. The second-order valence-electron chi connectivity index (χ2n) is 7.95. The number of hydrogen-bond acceptors (Lipinski definition) is 3. The lowest BCUT2D eigenvalue weighted by molar-refractivity contribution is 0.102. The van der Waals surface area contributed by atoms with Crippen molar-refractivity contribution in [1.82, 2.24) is 9.78 Å². The Morgan fingerprint density at radius 1 is 1.17 bits per heavy atom. The van der Waals surface area contributed by atoms with E-state index < -0.39 is 28.3 Å². The Hall–Kier alpha value is -2.87. The Bertz CT molecular complexity index is 1120. The average molecular weight is 432 g/mol. The minimum absolute atomic E-state index is 0.0384. The fourth-order valence-corrected chi connectivity index (χ4v) is 3.76. The summed E-state index contributed by atoms with van der Waals surface area (Å²) in [5, 5.41) is 6.95. The van der Waals surface area contributed by atoms with Gasteiger partial charge in [0.15, 0.2) is 0 Å². The molecule has 0 aliphatic rings. The minimum atomic E-state index is -1.07. The van der Waals surface area contributed by atoms with Crippen molar-refractivity contribution in [2.45, 2.75) is 31.3 Å². The third-order valence-electron chi connectivity index (χ3n) is 4.43. The van der Waals surface area contributed by atoms with Crippen molar-refractivity contribution < 1.29 is 17.8 Å². The van der Waals surface area contributed by atoms with Gasteiger partial charge in [0.1, 0.15) is 17.3 Å². The zero-order chi connectivity index (χ0) is 22.1. The summed E-state index contributed by atoms with van der Waals surface area (Å²) in [5.74, 6) is -1.61. The Balaban J connectivity index is 1.86. The van der Waals surface area contributed by atoms with Crippen molar-refractivity contribution in [3.05, 3.63) is 71.4 Å². The predicted molar refractivity (Wildman–Crippen MR) is 115 cm³/mol. The number of hydrogen-bond donors (Lipinski definition) is 1. The van der Waals surface area contributed by atoms with Crippen molar-refractivity contribution >= 4 is 22.4 Å². The number of carbonyl (C=O) groups excluding carboxylic acids is 1. The Morgan fingerprint density at radius 2 is 1.90 bits per heavy atom. The summed E-state index contributed by atoms with van der Waals surface area (Å²) < 4.78 is 40.9. The SMILES string of the molecule is Cn1cc(C(=O)Nc2cccc(CS(=O)C(C)(C)C)c2)c(-c2ccc(F)cc2F)n1. The minimum Gasteiger partial charge on any atom is -0.322 e. The van der Waals surface area contributed by atoms with Crippen molar-refractivity contribution in [1.29, 1.82) is 0 Å². The molecule has 5 nitrogen and oxygen atoms in total. The zero-order valence-electron chi connectivity index (χ0n) is 17.2. The van der Waals surface area contributed by atoms with Crippen LogP contribution in [0.4, 0.5) is 14.5 Å². The van der Waals surface area contributed by atoms with Gasteiger partial charge in [-0.2, -0.15) is 5.10 Å². The van der Waals surface area contributed by atoms with Gasteiger partial charge >= 0.3 is 0 Å². The summed E-state index contributed by atoms with van der Waals surface area (Å²) >= 11 is 0. The fraction of sp³-hybridized carbons (Fsp3) is 0.273. The Labute approximate surface area is 176 Å². The largest absolute Gasteiger partial charge is 0.322 e. The average Bonchev–Trinajstić information content (AvgIpc) is 3.03. The Morgan fingerprint density at radius 3 is 2.57 bits per heavy atom. The van der Waals surface area contributed by atoms with Crippen LogP contribution in [-0.4, -0.2) is 24.6 Å². The maximum atomic E-state index is 14.2. The second-order valence-corrected chi connectivity index (χ2v) is 10.2. The van der Waals surface area contributed by atoms with E-state index in [2.05, 4.69) is 10.4 Å². The van der Waals surface area contributed by atoms with Crippen LogP contribution in [0.5, 0.6) is 0 Å². The van der Waals surface area contributed by atoms with E-state index in [9.17, 15) is 17.8 Å². The first-order chi connectivity index (χ1) is 14.0. The van der Waals surface area contributed by atoms with Crippen molar-refractivity contribution in [3.63, 3.8) is 0 Å². The molecule has 1 heterocycles. The molecule has 1 aromatic heterocycles. The molecule has 0 saturated carbocycles. The van der Waals surface area contributed by atoms with Crippen molar-refractivity contribution in [2.75, 3.05) is 5.32 Å². The van der Waals surface area contributed by atoms with Crippen LogP contribution in [0.2, 0.25) is 0 Å². The lowest BCUT2D eigenvalue weighted by Gasteiger charge is -2.18. The van der Waals surface area contributed by atoms with E-state index in [4.69, 9.17) is 0 Å². The first kappa shape index (κ1) is 21.8. The van der Waals surface area contributed by atoms with Gasteiger partial charge in [0.05, 0.1) is 5.56 Å². The lowest BCUT2D eigenvalue weighted by Crippen LogP contribution is -2.23. The summed E-state index contributed by atoms with van der Waals surface area (Å²) in [5.41, 5.74) is 1.68. The van der Waals surface area contributed by atoms with E-state index in [1.54, 1.807) is 25.2 Å². The van der Waals surface area contributed by atoms with Gasteiger partial charge in [-0.15, -0.1) is 0 Å². The lowest BCUT2D eigenvalue weighted by atomic mass is 10.1. The highest BCUT2D eigenvalue weighted by Gasteiger charge is 2.21. The van der Waals surface area contributed by atoms with Crippen LogP contribution < -0.4 is 5.32 Å². The number of nitrogens with zero attached hydrogens (tertiary/aromatic N) is 2. The molecule has 3 aromatic rings. The van der Waals surface area contributed by atoms with Gasteiger partial charge in [0, 0.05) is 51.9 Å². The summed E-state index contributed by atoms with van der Waals surface area (Å²) in [6.45, 7) is 5.73. The number of aryl methyl sites for hydroxylation is 1. The van der Waals surface area contributed by atoms with Crippen LogP contribution in [-0.2, 0) is 23.6 Å². The van der Waals surface area contributed by atoms with Gasteiger partial charge in [-0.25, -0.2) is 8.78 Å². The number of rotatable bonds is 5. The van der Waals surface area contributed by atoms with Crippen LogP contribution in [0.15, 0.2) is 48.7 Å². The smallest absolute Gasteiger partial charge is 0.259 e. The third kappa shape index (κ3) is 4.99. The van der Waals surface area contributed by atoms with Crippen molar-refractivity contribution in [2.24, 2.45) is 7.05 Å². The van der Waals surface area contributed by atoms with Gasteiger partial charge in [0.2, 0.25) is 0 Å². The summed E-state index contributed by atoms with van der Waals surface area (Å²) in [6.07, 6.45) is 1.48. The van der Waals surface area contributed by atoms with Gasteiger partial charge in [-0.05, 0) is 50.6 Å². The highest BCUT2D eigenvalue weighted by molar-refractivity contribution is 7.85. The van der Waals surface area contributed by atoms with E-state index in [1.807, 2.05) is 26.8 Å². The molecule has 8 heteroatoms. The van der Waals surface area contributed by atoms with Crippen LogP contribution in [0.3, 0.4) is 0 Å². The monoisotopic (exact) mass is 431 g/mol. The van der Waals surface area contributed by atoms with Crippen LogP contribution in [0.1, 0.15) is 36.7 Å².